The molecular formula is C44H46FN7O6. The van der Waals surface area contributed by atoms with E-state index in [1.807, 2.05) is 63.2 Å². The third kappa shape index (κ3) is 8.02. The van der Waals surface area contributed by atoms with Crippen LogP contribution in [0.1, 0.15) is 62.1 Å². The normalized spacial score (nSPS) is 18.3. The van der Waals surface area contributed by atoms with Crippen LogP contribution < -0.4 is 10.1 Å². The van der Waals surface area contributed by atoms with Crippen LogP contribution in [0.5, 0.6) is 11.6 Å². The predicted molar refractivity (Wildman–Crippen MR) is 214 cm³/mol. The summed E-state index contributed by atoms with van der Waals surface area (Å²) in [6.45, 7) is 8.36. The van der Waals surface area contributed by atoms with Crippen LogP contribution in [0.2, 0.25) is 0 Å². The number of aromatic nitrogens is 4. The smallest absolute Gasteiger partial charge is 0.254 e. The number of fused-ring (bicyclic) bond motifs is 1. The number of ether oxygens (including phenoxy) is 1. The fourth-order valence-electron chi connectivity index (χ4n) is 7.97. The summed E-state index contributed by atoms with van der Waals surface area (Å²) < 4.78 is 25.9. The van der Waals surface area contributed by atoms with E-state index in [-0.39, 0.29) is 48.1 Å². The molecule has 13 nitrogen and oxygen atoms in total. The Morgan fingerprint density at radius 1 is 0.966 bits per heavy atom. The molecule has 5 heterocycles. The van der Waals surface area contributed by atoms with E-state index >= 15 is 0 Å². The van der Waals surface area contributed by atoms with E-state index in [9.17, 15) is 24.2 Å². The van der Waals surface area contributed by atoms with Crippen molar-refractivity contribution in [3.8, 4) is 34.0 Å². The lowest BCUT2D eigenvalue weighted by molar-refractivity contribution is -0.141. The number of hydrogen-bond donors (Lipinski definition) is 4. The van der Waals surface area contributed by atoms with Gasteiger partial charge in [0.2, 0.25) is 11.8 Å². The van der Waals surface area contributed by atoms with E-state index in [0.717, 1.165) is 35.3 Å². The summed E-state index contributed by atoms with van der Waals surface area (Å²) in [5.41, 5.74) is 5.06. The van der Waals surface area contributed by atoms with Gasteiger partial charge in [-0.05, 0) is 59.5 Å². The number of para-hydroxylation sites is 1. The Bertz CT molecular complexity index is 2410. The zero-order valence-corrected chi connectivity index (χ0v) is 32.5. The third-order valence-electron chi connectivity index (χ3n) is 11.2. The second-order valence-electron chi connectivity index (χ2n) is 15.6. The number of aromatic amines is 1. The van der Waals surface area contributed by atoms with Gasteiger partial charge < -0.3 is 34.7 Å². The van der Waals surface area contributed by atoms with Gasteiger partial charge in [0.15, 0.2) is 11.4 Å². The van der Waals surface area contributed by atoms with Crippen LogP contribution in [0.4, 0.5) is 4.39 Å². The van der Waals surface area contributed by atoms with Crippen molar-refractivity contribution in [2.75, 3.05) is 32.8 Å². The van der Waals surface area contributed by atoms with Crippen LogP contribution in [0.3, 0.4) is 0 Å². The average Bonchev–Trinajstić information content (AvgIpc) is 3.94. The molecule has 3 aromatic heterocycles. The van der Waals surface area contributed by atoms with Crippen molar-refractivity contribution in [3.63, 3.8) is 0 Å². The molecule has 4 atom stereocenters. The van der Waals surface area contributed by atoms with Gasteiger partial charge in [-0.2, -0.15) is 0 Å². The summed E-state index contributed by atoms with van der Waals surface area (Å²) in [4.78, 5) is 34.8. The Hall–Kier alpha value is -6.12. The third-order valence-corrected chi connectivity index (χ3v) is 11.2. The average molecular weight is 788 g/mol. The van der Waals surface area contributed by atoms with E-state index in [2.05, 4.69) is 36.6 Å². The molecule has 2 fully saturated rings. The second-order valence-corrected chi connectivity index (χ2v) is 15.6. The number of H-pyrrole nitrogens is 1. The van der Waals surface area contributed by atoms with Crippen molar-refractivity contribution in [2.24, 2.45) is 5.92 Å². The van der Waals surface area contributed by atoms with Crippen LogP contribution in [0.25, 0.3) is 33.4 Å². The molecule has 8 rings (SSSR count). The number of aliphatic hydroxyl groups excluding tert-OH is 1. The number of amides is 2. The Morgan fingerprint density at radius 2 is 1.71 bits per heavy atom. The number of hydrogen-bond acceptors (Lipinski definition) is 10. The van der Waals surface area contributed by atoms with Crippen molar-refractivity contribution >= 4 is 22.8 Å². The summed E-state index contributed by atoms with van der Waals surface area (Å²) >= 11 is 0. The van der Waals surface area contributed by atoms with Crippen molar-refractivity contribution in [2.45, 2.75) is 57.2 Å². The highest BCUT2D eigenvalue weighted by Crippen LogP contribution is 2.34. The van der Waals surface area contributed by atoms with Crippen LogP contribution in [-0.2, 0) is 9.59 Å². The first-order valence-corrected chi connectivity index (χ1v) is 19.6. The van der Waals surface area contributed by atoms with Gasteiger partial charge in [-0.25, -0.2) is 4.39 Å². The molecule has 0 aliphatic carbocycles. The van der Waals surface area contributed by atoms with E-state index in [4.69, 9.17) is 9.26 Å². The first-order chi connectivity index (χ1) is 28.0. The molecule has 0 radical (unpaired) electrons. The lowest BCUT2D eigenvalue weighted by Gasteiger charge is -2.38. The molecule has 0 unspecified atom stereocenters. The Kier molecular flexibility index (Phi) is 10.9. The lowest BCUT2D eigenvalue weighted by atomic mass is 9.91. The summed E-state index contributed by atoms with van der Waals surface area (Å²) in [6, 6.07) is 25.3. The number of benzene rings is 3. The van der Waals surface area contributed by atoms with Gasteiger partial charge in [-0.15, -0.1) is 10.2 Å². The molecule has 14 heteroatoms. The molecule has 2 aliphatic rings. The number of aromatic hydroxyl groups is 1. The number of carbonyl (C=O) groups is 2. The number of phenolic OH excluding ortho intramolecular Hbond substituents is 1. The molecule has 0 spiro atoms. The molecule has 0 saturated carbocycles. The van der Waals surface area contributed by atoms with Gasteiger partial charge in [0, 0.05) is 66.8 Å². The first-order valence-electron chi connectivity index (χ1n) is 19.6. The number of halogens is 1. The van der Waals surface area contributed by atoms with E-state index in [0.29, 0.717) is 47.3 Å². The molecule has 300 valence electrons. The number of β-amino-alcohol motifs (C(OH)–C–C–N with tert-alkyl or cyclic N) is 1. The number of phenols is 1. The van der Waals surface area contributed by atoms with Crippen molar-refractivity contribution in [1.29, 1.82) is 0 Å². The first kappa shape index (κ1) is 38.7. The number of nitrogens with one attached hydrogen (secondary N) is 2. The topological polar surface area (TPSA) is 170 Å². The van der Waals surface area contributed by atoms with Crippen LogP contribution >= 0.6 is 0 Å². The number of carbonyl (C=O) groups excluding carboxylic acids is 2. The molecule has 58 heavy (non-hydrogen) atoms. The van der Waals surface area contributed by atoms with Gasteiger partial charge in [0.25, 0.3) is 5.88 Å². The summed E-state index contributed by atoms with van der Waals surface area (Å²) in [7, 11) is 0. The molecule has 4 N–H and O–H groups in total. The monoisotopic (exact) mass is 787 g/mol. The minimum Gasteiger partial charge on any atom is -0.507 e. The van der Waals surface area contributed by atoms with Crippen molar-refractivity contribution in [3.05, 3.63) is 114 Å². The van der Waals surface area contributed by atoms with Gasteiger partial charge in [0.1, 0.15) is 30.1 Å². The number of rotatable bonds is 13. The molecular weight excluding hydrogens is 742 g/mol. The van der Waals surface area contributed by atoms with Crippen LogP contribution in [0.15, 0.2) is 95.5 Å². The van der Waals surface area contributed by atoms with Gasteiger partial charge in [-0.1, -0.05) is 68.4 Å². The van der Waals surface area contributed by atoms with E-state index in [1.165, 1.54) is 11.0 Å². The fourth-order valence-corrected chi connectivity index (χ4v) is 7.97. The highest BCUT2D eigenvalue weighted by Gasteiger charge is 2.43. The summed E-state index contributed by atoms with van der Waals surface area (Å²) in [5.74, 6) is -0.907. The molecule has 3 aromatic carbocycles. The number of nitrogens with zero attached hydrogens (tertiary/aromatic N) is 5. The summed E-state index contributed by atoms with van der Waals surface area (Å²) in [6.07, 6.45) is -0.747. The largest absolute Gasteiger partial charge is 0.507 e. The summed E-state index contributed by atoms with van der Waals surface area (Å²) in [5, 5.41) is 37.5. The molecule has 2 aliphatic heterocycles. The van der Waals surface area contributed by atoms with Crippen molar-refractivity contribution < 1.29 is 33.5 Å². The maximum absolute atomic E-state index is 14.3. The standard InChI is InChI=1S/C44H46FN7O6/c1-25(2)41(44(56)52-24-31(53)20-37(52)43(55)46-26(3)27-12-14-28(15-13-27)32-8-4-6-10-34(32)45)39-21-40(50-58-39)57-17-16-51-22-30(23-51)35-18-29-19-36(48-49-42(29)47-35)33-9-5-7-11-38(33)54/h4-15,18-19,21,25-26,30-31,37,41,53-54H,16-17,20,22-24H2,1-3H3,(H,46,55)(H,47,49)/t26-,31+,37-,41-/m0/s1. The van der Waals surface area contributed by atoms with Gasteiger partial charge in [0.05, 0.1) is 17.8 Å². The van der Waals surface area contributed by atoms with Gasteiger partial charge in [-0.3, -0.25) is 14.5 Å². The highest BCUT2D eigenvalue weighted by atomic mass is 19.1. The molecule has 2 saturated heterocycles. The quantitative estimate of drug-likeness (QED) is 0.106. The minimum atomic E-state index is -0.874. The molecule has 0 bridgehead atoms. The van der Waals surface area contributed by atoms with E-state index < -0.39 is 24.1 Å². The Morgan fingerprint density at radius 3 is 2.45 bits per heavy atom. The Balaban J connectivity index is 0.839. The molecule has 6 aromatic rings. The maximum atomic E-state index is 14.3. The molecule has 2 amide bonds. The fraction of sp³-hybridized carbons (Fsp3) is 0.341. The van der Waals surface area contributed by atoms with Gasteiger partial charge >= 0.3 is 0 Å². The SMILES string of the molecule is CC(C)[C@H](C(=O)N1C[C@H](O)C[C@H]1C(=O)N[C@@H](C)c1ccc(-c2ccccc2F)cc1)c1cc(OCCN2CC(c3cc4cc(-c5ccccc5O)nnc4[nH]3)C2)no1. The zero-order valence-electron chi connectivity index (χ0n) is 32.5. The Labute approximate surface area is 334 Å². The number of likely N-dealkylation sites (tertiary alicyclic amines) is 2. The predicted octanol–water partition coefficient (Wildman–Crippen LogP) is 6.18. The van der Waals surface area contributed by atoms with Crippen LogP contribution in [0, 0.1) is 11.7 Å². The maximum Gasteiger partial charge on any atom is 0.254 e. The minimum absolute atomic E-state index is 0.0192. The second kappa shape index (κ2) is 16.4. The zero-order chi connectivity index (χ0) is 40.5. The number of aliphatic hydroxyl groups is 1. The highest BCUT2D eigenvalue weighted by molar-refractivity contribution is 5.91. The van der Waals surface area contributed by atoms with Crippen molar-refractivity contribution in [1.82, 2.24) is 35.5 Å². The lowest BCUT2D eigenvalue weighted by Crippen LogP contribution is -2.48. The van der Waals surface area contributed by atoms with Crippen LogP contribution in [-0.4, -0.2) is 97.1 Å². The van der Waals surface area contributed by atoms with E-state index in [1.54, 1.807) is 36.4 Å².